The molecule has 0 amide bonds. The second kappa shape index (κ2) is 9.46. The molecule has 0 heterocycles. The highest BCUT2D eigenvalue weighted by Crippen LogP contribution is 2.37. The molecule has 0 spiro atoms. The van der Waals surface area contributed by atoms with Gasteiger partial charge < -0.3 is 14.2 Å². The second-order valence-corrected chi connectivity index (χ2v) is 7.45. The van der Waals surface area contributed by atoms with Gasteiger partial charge in [-0.2, -0.15) is 0 Å². The first-order valence-electron chi connectivity index (χ1n) is 8.97. The summed E-state index contributed by atoms with van der Waals surface area (Å²) in [7, 11) is 0. The molecule has 0 atom stereocenters. The van der Waals surface area contributed by atoms with Crippen LogP contribution in [-0.4, -0.2) is 24.8 Å². The van der Waals surface area contributed by atoms with Crippen LogP contribution in [0.15, 0.2) is 18.7 Å². The molecule has 138 valence electrons. The summed E-state index contributed by atoms with van der Waals surface area (Å²) in [4.78, 5) is 12.2. The predicted octanol–water partition coefficient (Wildman–Crippen LogP) is 5.37. The van der Waals surface area contributed by atoms with Crippen molar-refractivity contribution in [3.05, 3.63) is 27.8 Å². The molecule has 1 fully saturated rings. The Bertz CT molecular complexity index is 606. The Kier molecular flexibility index (Phi) is 7.59. The molecule has 0 bridgehead atoms. The zero-order valence-electron chi connectivity index (χ0n) is 15.1. The first-order valence-corrected chi connectivity index (χ1v) is 10.0. The third-order valence-corrected chi connectivity index (χ3v) is 5.41. The maximum atomic E-state index is 12.2. The molecule has 1 aliphatic rings. The molecule has 0 N–H and O–H groups in total. The number of halogens is 1. The van der Waals surface area contributed by atoms with E-state index < -0.39 is 0 Å². The SMILES string of the molecule is C=Cc1cc(I)c(OCCC(=O)OC2(CC)CCCC2)c(OCC)c1. The summed E-state index contributed by atoms with van der Waals surface area (Å²) in [6, 6.07) is 3.88. The topological polar surface area (TPSA) is 44.8 Å². The van der Waals surface area contributed by atoms with Gasteiger partial charge >= 0.3 is 5.97 Å². The van der Waals surface area contributed by atoms with Crippen LogP contribution in [0.25, 0.3) is 6.08 Å². The number of carbonyl (C=O) groups excluding carboxylic acids is 1. The van der Waals surface area contributed by atoms with Crippen molar-refractivity contribution < 1.29 is 19.0 Å². The lowest BCUT2D eigenvalue weighted by Gasteiger charge is -2.27. The van der Waals surface area contributed by atoms with Crippen LogP contribution in [0.3, 0.4) is 0 Å². The molecule has 1 aliphatic carbocycles. The maximum absolute atomic E-state index is 12.2. The summed E-state index contributed by atoms with van der Waals surface area (Å²) in [5.41, 5.74) is 0.735. The van der Waals surface area contributed by atoms with Gasteiger partial charge in [-0.1, -0.05) is 19.6 Å². The zero-order chi connectivity index (χ0) is 18.3. The Morgan fingerprint density at radius 2 is 2.00 bits per heavy atom. The minimum atomic E-state index is -0.242. The fourth-order valence-electron chi connectivity index (χ4n) is 3.18. The third kappa shape index (κ3) is 5.36. The quantitative estimate of drug-likeness (QED) is 0.369. The fraction of sp³-hybridized carbons (Fsp3) is 0.550. The number of hydrogen-bond acceptors (Lipinski definition) is 4. The molecule has 0 saturated heterocycles. The van der Waals surface area contributed by atoms with Crippen molar-refractivity contribution >= 4 is 34.6 Å². The smallest absolute Gasteiger partial charge is 0.309 e. The van der Waals surface area contributed by atoms with Crippen molar-refractivity contribution in [1.29, 1.82) is 0 Å². The molecule has 5 heteroatoms. The molecule has 4 nitrogen and oxygen atoms in total. The minimum absolute atomic E-state index is 0.181. The number of benzene rings is 1. The van der Waals surface area contributed by atoms with Gasteiger partial charge in [-0.15, -0.1) is 0 Å². The molecule has 0 radical (unpaired) electrons. The monoisotopic (exact) mass is 458 g/mol. The van der Waals surface area contributed by atoms with Gasteiger partial charge in [-0.25, -0.2) is 0 Å². The average Bonchev–Trinajstić information content (AvgIpc) is 3.06. The van der Waals surface area contributed by atoms with Crippen molar-refractivity contribution in [3.8, 4) is 11.5 Å². The van der Waals surface area contributed by atoms with Gasteiger partial charge in [-0.05, 0) is 79.3 Å². The normalized spacial score (nSPS) is 15.6. The van der Waals surface area contributed by atoms with Crippen LogP contribution in [0.2, 0.25) is 0 Å². The molecule has 25 heavy (non-hydrogen) atoms. The second-order valence-electron chi connectivity index (χ2n) is 6.28. The standard InChI is InChI=1S/C20H27IO4/c1-4-15-13-16(21)19(17(14-15)23-6-3)24-12-9-18(22)25-20(5-2)10-7-8-11-20/h4,13-14H,1,5-12H2,2-3H3. The lowest BCUT2D eigenvalue weighted by molar-refractivity contribution is -0.160. The van der Waals surface area contributed by atoms with Crippen LogP contribution in [0.1, 0.15) is 57.9 Å². The van der Waals surface area contributed by atoms with Crippen LogP contribution < -0.4 is 9.47 Å². The Morgan fingerprint density at radius 1 is 1.28 bits per heavy atom. The molecule has 2 rings (SSSR count). The molecule has 1 aromatic carbocycles. The summed E-state index contributed by atoms with van der Waals surface area (Å²) in [6.07, 6.45) is 7.14. The molecule has 1 aromatic rings. The van der Waals surface area contributed by atoms with Crippen LogP contribution in [-0.2, 0) is 9.53 Å². The third-order valence-electron chi connectivity index (χ3n) is 4.61. The summed E-state index contributed by atoms with van der Waals surface area (Å²) >= 11 is 2.21. The van der Waals surface area contributed by atoms with Crippen LogP contribution in [0.5, 0.6) is 11.5 Å². The van der Waals surface area contributed by atoms with Gasteiger partial charge in [0.05, 0.1) is 23.2 Å². The number of carbonyl (C=O) groups is 1. The predicted molar refractivity (Wildman–Crippen MR) is 108 cm³/mol. The van der Waals surface area contributed by atoms with Crippen molar-refractivity contribution in [3.63, 3.8) is 0 Å². The lowest BCUT2D eigenvalue weighted by atomic mass is 9.99. The molecule has 0 unspecified atom stereocenters. The Morgan fingerprint density at radius 3 is 2.60 bits per heavy atom. The summed E-state index contributed by atoms with van der Waals surface area (Å²) < 4.78 is 18.2. The minimum Gasteiger partial charge on any atom is -0.490 e. The summed E-state index contributed by atoms with van der Waals surface area (Å²) in [6.45, 7) is 8.64. The van der Waals surface area contributed by atoms with E-state index in [1.54, 1.807) is 6.08 Å². The highest BCUT2D eigenvalue weighted by Gasteiger charge is 2.35. The van der Waals surface area contributed by atoms with Crippen molar-refractivity contribution in [2.45, 2.75) is 58.0 Å². The van der Waals surface area contributed by atoms with Gasteiger partial charge in [-0.3, -0.25) is 4.79 Å². The molecule has 0 aliphatic heterocycles. The highest BCUT2D eigenvalue weighted by atomic mass is 127. The van der Waals surface area contributed by atoms with E-state index >= 15 is 0 Å². The number of hydrogen-bond donors (Lipinski definition) is 0. The van der Waals surface area contributed by atoms with Crippen LogP contribution in [0.4, 0.5) is 0 Å². The summed E-state index contributed by atoms with van der Waals surface area (Å²) in [5.74, 6) is 1.17. The fourth-order valence-corrected chi connectivity index (χ4v) is 3.97. The first-order chi connectivity index (χ1) is 12.0. The van der Waals surface area contributed by atoms with E-state index in [2.05, 4.69) is 36.1 Å². The van der Waals surface area contributed by atoms with E-state index in [4.69, 9.17) is 14.2 Å². The molecule has 1 saturated carbocycles. The molecular weight excluding hydrogens is 431 g/mol. The summed E-state index contributed by atoms with van der Waals surface area (Å²) in [5, 5.41) is 0. The number of ether oxygens (including phenoxy) is 3. The van der Waals surface area contributed by atoms with Crippen molar-refractivity contribution in [1.82, 2.24) is 0 Å². The molecular formula is C20H27IO4. The van der Waals surface area contributed by atoms with E-state index in [-0.39, 0.29) is 24.6 Å². The van der Waals surface area contributed by atoms with Crippen molar-refractivity contribution in [2.24, 2.45) is 0 Å². The van der Waals surface area contributed by atoms with Crippen LogP contribution in [0, 0.1) is 3.57 Å². The van der Waals surface area contributed by atoms with Crippen LogP contribution >= 0.6 is 22.6 Å². The lowest BCUT2D eigenvalue weighted by Crippen LogP contribution is -2.31. The van der Waals surface area contributed by atoms with Gasteiger partial charge in [0, 0.05) is 0 Å². The van der Waals surface area contributed by atoms with E-state index in [1.807, 2.05) is 19.1 Å². The zero-order valence-corrected chi connectivity index (χ0v) is 17.3. The Balaban J connectivity index is 1.94. The van der Waals surface area contributed by atoms with E-state index in [1.165, 1.54) is 0 Å². The van der Waals surface area contributed by atoms with Crippen molar-refractivity contribution in [2.75, 3.05) is 13.2 Å². The first kappa shape index (κ1) is 20.1. The largest absolute Gasteiger partial charge is 0.490 e. The van der Waals surface area contributed by atoms with E-state index in [0.29, 0.717) is 18.1 Å². The number of rotatable bonds is 9. The van der Waals surface area contributed by atoms with Gasteiger partial charge in [0.2, 0.25) is 0 Å². The maximum Gasteiger partial charge on any atom is 0.309 e. The molecule has 0 aromatic heterocycles. The van der Waals surface area contributed by atoms with Gasteiger partial charge in [0.25, 0.3) is 0 Å². The number of esters is 1. The van der Waals surface area contributed by atoms with Gasteiger partial charge in [0.15, 0.2) is 11.5 Å². The van der Waals surface area contributed by atoms with E-state index in [9.17, 15) is 4.79 Å². The Labute approximate surface area is 164 Å². The van der Waals surface area contributed by atoms with E-state index in [0.717, 1.165) is 41.2 Å². The average molecular weight is 458 g/mol. The van der Waals surface area contributed by atoms with Gasteiger partial charge in [0.1, 0.15) is 5.60 Å². The Hall–Kier alpha value is -1.24. The highest BCUT2D eigenvalue weighted by molar-refractivity contribution is 14.1.